The smallest absolute Gasteiger partial charge is 0.151 e. The van der Waals surface area contributed by atoms with E-state index in [-0.39, 0.29) is 11.5 Å². The van der Waals surface area contributed by atoms with Crippen LogP contribution < -0.4 is 11.1 Å². The summed E-state index contributed by atoms with van der Waals surface area (Å²) in [6.45, 7) is 2.25. The second-order valence-electron chi connectivity index (χ2n) is 4.31. The van der Waals surface area contributed by atoms with E-state index in [2.05, 4.69) is 5.32 Å². The number of nitrogens with one attached hydrogen (secondary N) is 1. The molecule has 3 N–H and O–H groups in total. The minimum absolute atomic E-state index is 0.235. The van der Waals surface area contributed by atoms with Gasteiger partial charge in [-0.15, -0.1) is 0 Å². The molecule has 0 saturated heterocycles. The minimum atomic E-state index is -2.83. The van der Waals surface area contributed by atoms with Gasteiger partial charge in [0, 0.05) is 24.4 Å². The van der Waals surface area contributed by atoms with Gasteiger partial charge in [-0.25, -0.2) is 8.42 Å². The Labute approximate surface area is 92.5 Å². The van der Waals surface area contributed by atoms with E-state index in [1.165, 1.54) is 0 Å². The summed E-state index contributed by atoms with van der Waals surface area (Å²) in [4.78, 5) is 0. The Bertz CT molecular complexity index is 277. The Morgan fingerprint density at radius 1 is 1.40 bits per heavy atom. The second kappa shape index (κ2) is 5.82. The fourth-order valence-corrected chi connectivity index (χ4v) is 2.69. The molecule has 0 aromatic heterocycles. The van der Waals surface area contributed by atoms with Gasteiger partial charge < -0.3 is 11.1 Å². The van der Waals surface area contributed by atoms with Crippen LogP contribution in [0.15, 0.2) is 0 Å². The zero-order valence-corrected chi connectivity index (χ0v) is 10.2. The summed E-state index contributed by atoms with van der Waals surface area (Å²) < 4.78 is 22.5. The van der Waals surface area contributed by atoms with Crippen molar-refractivity contribution in [2.75, 3.05) is 18.1 Å². The van der Waals surface area contributed by atoms with Gasteiger partial charge in [-0.1, -0.05) is 13.3 Å². The van der Waals surface area contributed by atoms with Crippen LogP contribution in [0.4, 0.5) is 0 Å². The zero-order valence-electron chi connectivity index (χ0n) is 9.41. The average molecular weight is 234 g/mol. The molecular formula is C10H22N2O2S. The number of sulfone groups is 1. The molecule has 0 aromatic carbocycles. The monoisotopic (exact) mass is 234 g/mol. The molecule has 0 aromatic rings. The molecule has 1 saturated carbocycles. The Morgan fingerprint density at radius 2 is 2.13 bits per heavy atom. The van der Waals surface area contributed by atoms with Crippen molar-refractivity contribution in [3.63, 3.8) is 0 Å². The second-order valence-corrected chi connectivity index (χ2v) is 6.79. The molecule has 0 amide bonds. The predicted molar refractivity (Wildman–Crippen MR) is 62.6 cm³/mol. The molecule has 1 fully saturated rings. The molecule has 0 spiro atoms. The Morgan fingerprint density at radius 3 is 2.73 bits per heavy atom. The Balaban J connectivity index is 2.20. The summed E-state index contributed by atoms with van der Waals surface area (Å²) in [6, 6.07) is 0.708. The standard InChI is InChI=1S/C10H22N2O2S/c1-2-15(13,14)7-6-12-10-5-3-4-9(11)8-10/h9-10,12H,2-8,11H2,1H3. The van der Waals surface area contributed by atoms with E-state index in [0.717, 1.165) is 25.7 Å². The van der Waals surface area contributed by atoms with E-state index in [1.54, 1.807) is 6.92 Å². The predicted octanol–water partition coefficient (Wildman–Crippen LogP) is 0.281. The summed E-state index contributed by atoms with van der Waals surface area (Å²) in [5.41, 5.74) is 5.85. The lowest BCUT2D eigenvalue weighted by molar-refractivity contribution is 0.345. The van der Waals surface area contributed by atoms with Gasteiger partial charge in [0.2, 0.25) is 0 Å². The summed E-state index contributed by atoms with van der Waals surface area (Å²) in [5.74, 6) is 0.480. The largest absolute Gasteiger partial charge is 0.328 e. The molecule has 2 unspecified atom stereocenters. The molecule has 5 heteroatoms. The first-order chi connectivity index (χ1) is 7.03. The van der Waals surface area contributed by atoms with Crippen molar-refractivity contribution in [3.8, 4) is 0 Å². The highest BCUT2D eigenvalue weighted by atomic mass is 32.2. The first kappa shape index (κ1) is 12.9. The van der Waals surface area contributed by atoms with Crippen LogP contribution in [0.3, 0.4) is 0 Å². The lowest BCUT2D eigenvalue weighted by Gasteiger charge is -2.27. The normalized spacial score (nSPS) is 27.9. The SMILES string of the molecule is CCS(=O)(=O)CCNC1CCCC(N)C1. The molecule has 4 nitrogen and oxygen atoms in total. The van der Waals surface area contributed by atoms with Gasteiger partial charge in [0.15, 0.2) is 9.84 Å². The van der Waals surface area contributed by atoms with Gasteiger partial charge in [0.25, 0.3) is 0 Å². The van der Waals surface area contributed by atoms with Gasteiger partial charge >= 0.3 is 0 Å². The third-order valence-electron chi connectivity index (χ3n) is 3.00. The third kappa shape index (κ3) is 4.95. The number of nitrogens with two attached hydrogens (primary N) is 1. The lowest BCUT2D eigenvalue weighted by Crippen LogP contribution is -2.41. The molecular weight excluding hydrogens is 212 g/mol. The number of hydrogen-bond donors (Lipinski definition) is 2. The average Bonchev–Trinajstić information content (AvgIpc) is 2.18. The quantitative estimate of drug-likeness (QED) is 0.717. The molecule has 0 aliphatic heterocycles. The van der Waals surface area contributed by atoms with Crippen LogP contribution in [0.5, 0.6) is 0 Å². The number of hydrogen-bond acceptors (Lipinski definition) is 4. The molecule has 1 aliphatic carbocycles. The molecule has 0 heterocycles. The van der Waals surface area contributed by atoms with Gasteiger partial charge in [-0.05, 0) is 19.3 Å². The summed E-state index contributed by atoms with van der Waals surface area (Å²) in [6.07, 6.45) is 4.36. The fraction of sp³-hybridized carbons (Fsp3) is 1.00. The van der Waals surface area contributed by atoms with Crippen LogP contribution in [-0.4, -0.2) is 38.6 Å². The van der Waals surface area contributed by atoms with E-state index >= 15 is 0 Å². The highest BCUT2D eigenvalue weighted by Gasteiger charge is 2.18. The van der Waals surface area contributed by atoms with Gasteiger partial charge in [0.1, 0.15) is 0 Å². The van der Waals surface area contributed by atoms with Crippen LogP contribution >= 0.6 is 0 Å². The van der Waals surface area contributed by atoms with Crippen LogP contribution in [-0.2, 0) is 9.84 Å². The zero-order chi connectivity index (χ0) is 11.3. The first-order valence-electron chi connectivity index (χ1n) is 5.73. The minimum Gasteiger partial charge on any atom is -0.328 e. The maximum Gasteiger partial charge on any atom is 0.151 e. The van der Waals surface area contributed by atoms with Crippen molar-refractivity contribution in [2.24, 2.45) is 5.73 Å². The molecule has 2 atom stereocenters. The highest BCUT2D eigenvalue weighted by molar-refractivity contribution is 7.91. The first-order valence-corrected chi connectivity index (χ1v) is 7.55. The van der Waals surface area contributed by atoms with Crippen LogP contribution in [0.1, 0.15) is 32.6 Å². The van der Waals surface area contributed by atoms with Gasteiger partial charge in [-0.2, -0.15) is 0 Å². The maximum atomic E-state index is 11.2. The van der Waals surface area contributed by atoms with Crippen molar-refractivity contribution in [1.82, 2.24) is 5.32 Å². The Hall–Kier alpha value is -0.130. The molecule has 0 radical (unpaired) electrons. The van der Waals surface area contributed by atoms with E-state index < -0.39 is 9.84 Å². The fourth-order valence-electron chi connectivity index (χ4n) is 1.98. The summed E-state index contributed by atoms with van der Waals surface area (Å²) in [5, 5.41) is 3.28. The topological polar surface area (TPSA) is 72.2 Å². The lowest BCUT2D eigenvalue weighted by atomic mass is 9.92. The third-order valence-corrected chi connectivity index (χ3v) is 4.71. The molecule has 90 valence electrons. The van der Waals surface area contributed by atoms with Crippen LogP contribution in [0.25, 0.3) is 0 Å². The summed E-state index contributed by atoms with van der Waals surface area (Å²) in [7, 11) is -2.83. The van der Waals surface area contributed by atoms with Crippen LogP contribution in [0, 0.1) is 0 Å². The summed E-state index contributed by atoms with van der Waals surface area (Å²) >= 11 is 0. The van der Waals surface area contributed by atoms with Crippen molar-refractivity contribution >= 4 is 9.84 Å². The van der Waals surface area contributed by atoms with Gasteiger partial charge in [0.05, 0.1) is 5.75 Å². The maximum absolute atomic E-state index is 11.2. The molecule has 0 bridgehead atoms. The number of rotatable bonds is 5. The van der Waals surface area contributed by atoms with E-state index in [0.29, 0.717) is 18.6 Å². The van der Waals surface area contributed by atoms with Crippen molar-refractivity contribution in [3.05, 3.63) is 0 Å². The van der Waals surface area contributed by atoms with E-state index in [4.69, 9.17) is 5.73 Å². The van der Waals surface area contributed by atoms with E-state index in [1.807, 2.05) is 0 Å². The van der Waals surface area contributed by atoms with E-state index in [9.17, 15) is 8.42 Å². The van der Waals surface area contributed by atoms with Crippen molar-refractivity contribution < 1.29 is 8.42 Å². The van der Waals surface area contributed by atoms with Crippen molar-refractivity contribution in [1.29, 1.82) is 0 Å². The highest BCUT2D eigenvalue weighted by Crippen LogP contribution is 2.16. The Kier molecular flexibility index (Phi) is 5.02. The molecule has 15 heavy (non-hydrogen) atoms. The van der Waals surface area contributed by atoms with Gasteiger partial charge in [-0.3, -0.25) is 0 Å². The molecule has 1 aliphatic rings. The molecule has 1 rings (SSSR count). The van der Waals surface area contributed by atoms with Crippen LogP contribution in [0.2, 0.25) is 0 Å². The van der Waals surface area contributed by atoms with Crippen molar-refractivity contribution in [2.45, 2.75) is 44.7 Å².